The molecule has 1 aliphatic heterocycles. The first-order valence-electron chi connectivity index (χ1n) is 6.67. The van der Waals surface area contributed by atoms with Gasteiger partial charge in [-0.15, -0.1) is 0 Å². The molecule has 7 heteroatoms. The molecule has 1 aromatic rings. The minimum atomic E-state index is -0.0159. The maximum absolute atomic E-state index is 12.0. The highest BCUT2D eigenvalue weighted by Gasteiger charge is 2.25. The van der Waals surface area contributed by atoms with E-state index in [4.69, 9.17) is 4.74 Å². The molecule has 5 nitrogen and oxygen atoms in total. The quantitative estimate of drug-likeness (QED) is 0.705. The molecule has 0 radical (unpaired) electrons. The predicted octanol–water partition coefficient (Wildman–Crippen LogP) is 2.78. The largest absolute Gasteiger partial charge is 0.458 e. The van der Waals surface area contributed by atoms with Crippen LogP contribution in [0.4, 0.5) is 0 Å². The number of carbonyl (C=O) groups is 1. The van der Waals surface area contributed by atoms with Gasteiger partial charge < -0.3 is 9.64 Å². The monoisotopic (exact) mass is 405 g/mol. The molecule has 0 N–H and O–H groups in total. The zero-order valence-corrected chi connectivity index (χ0v) is 14.3. The molecule has 1 saturated heterocycles. The second-order valence-corrected chi connectivity index (χ2v) is 6.41. The van der Waals surface area contributed by atoms with Crippen LogP contribution in [0.3, 0.4) is 0 Å². The van der Waals surface area contributed by atoms with Gasteiger partial charge in [0.25, 0.3) is 0 Å². The zero-order valence-electron chi connectivity index (χ0n) is 11.1. The third kappa shape index (κ3) is 4.70. The number of ether oxygens (including phenoxy) is 1. The molecule has 1 fully saturated rings. The highest BCUT2D eigenvalue weighted by molar-refractivity contribution is 9.10. The van der Waals surface area contributed by atoms with Gasteiger partial charge in [-0.05, 0) is 35.2 Å². The number of carbonyl (C=O) groups excluding carboxylic acids is 1. The van der Waals surface area contributed by atoms with Crippen molar-refractivity contribution in [3.05, 3.63) is 16.9 Å². The fourth-order valence-electron chi connectivity index (χ4n) is 2.15. The van der Waals surface area contributed by atoms with Crippen molar-refractivity contribution in [3.8, 4) is 6.01 Å². The average Bonchev–Trinajstić information content (AvgIpc) is 2.47. The topological polar surface area (TPSA) is 55.3 Å². The molecule has 0 bridgehead atoms. The highest BCUT2D eigenvalue weighted by atomic mass is 79.9. The summed E-state index contributed by atoms with van der Waals surface area (Å²) in [7, 11) is 0. The van der Waals surface area contributed by atoms with Crippen LogP contribution in [0.1, 0.15) is 25.7 Å². The number of hydrogen-bond donors (Lipinski definition) is 0. The Morgan fingerprint density at radius 2 is 2.20 bits per heavy atom. The van der Waals surface area contributed by atoms with Crippen molar-refractivity contribution in [1.29, 1.82) is 0 Å². The van der Waals surface area contributed by atoms with E-state index in [-0.39, 0.29) is 12.0 Å². The summed E-state index contributed by atoms with van der Waals surface area (Å²) < 4.78 is 6.57. The molecule has 20 heavy (non-hydrogen) atoms. The maximum Gasteiger partial charge on any atom is 0.316 e. The van der Waals surface area contributed by atoms with E-state index in [1.165, 1.54) is 0 Å². The minimum Gasteiger partial charge on any atom is -0.458 e. The summed E-state index contributed by atoms with van der Waals surface area (Å²) in [5.74, 6) is 0.203. The summed E-state index contributed by atoms with van der Waals surface area (Å²) >= 11 is 6.63. The molecular formula is C13H17Br2N3O2. The summed E-state index contributed by atoms with van der Waals surface area (Å²) in [6.45, 7) is 1.45. The Hall–Kier alpha value is -0.690. The van der Waals surface area contributed by atoms with Crippen molar-refractivity contribution in [2.24, 2.45) is 0 Å². The van der Waals surface area contributed by atoms with Gasteiger partial charge in [-0.2, -0.15) is 0 Å². The van der Waals surface area contributed by atoms with Gasteiger partial charge in [0.05, 0.1) is 11.0 Å². The van der Waals surface area contributed by atoms with Crippen LogP contribution >= 0.6 is 31.9 Å². The van der Waals surface area contributed by atoms with Gasteiger partial charge in [0, 0.05) is 30.7 Å². The van der Waals surface area contributed by atoms with E-state index >= 15 is 0 Å². The van der Waals surface area contributed by atoms with E-state index in [1.54, 1.807) is 12.4 Å². The molecule has 0 aliphatic carbocycles. The third-order valence-electron chi connectivity index (χ3n) is 3.12. The van der Waals surface area contributed by atoms with Crippen molar-refractivity contribution in [1.82, 2.24) is 14.9 Å². The Morgan fingerprint density at radius 1 is 1.45 bits per heavy atom. The molecule has 1 aliphatic rings. The summed E-state index contributed by atoms with van der Waals surface area (Å²) in [6, 6.07) is 0.368. The van der Waals surface area contributed by atoms with E-state index in [2.05, 4.69) is 41.8 Å². The number of rotatable bonds is 5. The molecular weight excluding hydrogens is 390 g/mol. The maximum atomic E-state index is 12.0. The number of nitrogens with zero attached hydrogens (tertiary/aromatic N) is 3. The molecule has 2 rings (SSSR count). The summed E-state index contributed by atoms with van der Waals surface area (Å²) in [4.78, 5) is 22.1. The predicted molar refractivity (Wildman–Crippen MR) is 83.0 cm³/mol. The molecule has 0 spiro atoms. The number of amides is 1. The average molecular weight is 407 g/mol. The Balaban J connectivity index is 1.86. The lowest BCUT2D eigenvalue weighted by molar-refractivity contribution is -0.133. The molecule has 0 saturated carbocycles. The number of alkyl halides is 1. The lowest BCUT2D eigenvalue weighted by atomic mass is 10.1. The Bertz CT molecular complexity index is 442. The second-order valence-electron chi connectivity index (χ2n) is 4.70. The van der Waals surface area contributed by atoms with Crippen LogP contribution < -0.4 is 4.74 Å². The fourth-order valence-corrected chi connectivity index (χ4v) is 2.63. The number of likely N-dealkylation sites (tertiary alicyclic amines) is 1. The van der Waals surface area contributed by atoms with Gasteiger partial charge in [0.2, 0.25) is 5.91 Å². The van der Waals surface area contributed by atoms with Crippen LogP contribution in [-0.4, -0.2) is 45.3 Å². The highest BCUT2D eigenvalue weighted by Crippen LogP contribution is 2.17. The Morgan fingerprint density at radius 3 is 2.90 bits per heavy atom. The van der Waals surface area contributed by atoms with Gasteiger partial charge in [-0.25, -0.2) is 9.97 Å². The van der Waals surface area contributed by atoms with Crippen LogP contribution in [0.5, 0.6) is 6.01 Å². The van der Waals surface area contributed by atoms with E-state index in [1.807, 2.05) is 4.90 Å². The third-order valence-corrected chi connectivity index (χ3v) is 4.09. The molecule has 0 aromatic carbocycles. The van der Waals surface area contributed by atoms with E-state index in [0.717, 1.165) is 35.6 Å². The summed E-state index contributed by atoms with van der Waals surface area (Å²) in [5.41, 5.74) is 0. The Kier molecular flexibility index (Phi) is 6.22. The lowest BCUT2D eigenvalue weighted by Crippen LogP contribution is -2.44. The van der Waals surface area contributed by atoms with Crippen molar-refractivity contribution in [3.63, 3.8) is 0 Å². The van der Waals surface area contributed by atoms with E-state index < -0.39 is 0 Å². The van der Waals surface area contributed by atoms with Gasteiger partial charge >= 0.3 is 6.01 Å². The Labute approximate surface area is 135 Å². The second kappa shape index (κ2) is 7.93. The number of hydrogen-bond acceptors (Lipinski definition) is 4. The molecule has 1 atom stereocenters. The lowest BCUT2D eigenvalue weighted by Gasteiger charge is -2.32. The first-order chi connectivity index (χ1) is 9.69. The van der Waals surface area contributed by atoms with Crippen LogP contribution in [0.2, 0.25) is 0 Å². The SMILES string of the molecule is O=C(CCCBr)N1CCCC(Oc2ncc(Br)cn2)C1. The number of aromatic nitrogens is 2. The van der Waals surface area contributed by atoms with Crippen LogP contribution in [-0.2, 0) is 4.79 Å². The fraction of sp³-hybridized carbons (Fsp3) is 0.615. The van der Waals surface area contributed by atoms with Gasteiger partial charge in [0.15, 0.2) is 0 Å². The van der Waals surface area contributed by atoms with Crippen LogP contribution in [0, 0.1) is 0 Å². The van der Waals surface area contributed by atoms with Crippen molar-refractivity contribution in [2.45, 2.75) is 31.8 Å². The number of piperidine rings is 1. The summed E-state index contributed by atoms with van der Waals surface area (Å²) in [5, 5.41) is 0.860. The van der Waals surface area contributed by atoms with Gasteiger partial charge in [-0.1, -0.05) is 15.9 Å². The molecule has 1 unspecified atom stereocenters. The first kappa shape index (κ1) is 15.7. The van der Waals surface area contributed by atoms with Crippen molar-refractivity contribution >= 4 is 37.8 Å². The zero-order chi connectivity index (χ0) is 14.4. The minimum absolute atomic E-state index is 0.0159. The molecule has 1 amide bonds. The van der Waals surface area contributed by atoms with E-state index in [0.29, 0.717) is 19.0 Å². The van der Waals surface area contributed by atoms with Gasteiger partial charge in [0.1, 0.15) is 6.10 Å². The van der Waals surface area contributed by atoms with Crippen LogP contribution in [0.25, 0.3) is 0 Å². The summed E-state index contributed by atoms with van der Waals surface area (Å²) in [6.07, 6.45) is 6.65. The smallest absolute Gasteiger partial charge is 0.316 e. The van der Waals surface area contributed by atoms with Gasteiger partial charge in [-0.3, -0.25) is 4.79 Å². The van der Waals surface area contributed by atoms with Crippen molar-refractivity contribution in [2.75, 3.05) is 18.4 Å². The van der Waals surface area contributed by atoms with Crippen LogP contribution in [0.15, 0.2) is 16.9 Å². The molecule has 110 valence electrons. The standard InChI is InChI=1S/C13H17Br2N3O2/c14-5-1-4-12(19)18-6-2-3-11(9-18)20-13-16-7-10(15)8-17-13/h7-8,11H,1-6,9H2. The molecule has 1 aromatic heterocycles. The van der Waals surface area contributed by atoms with E-state index in [9.17, 15) is 4.79 Å². The number of halogens is 2. The normalized spacial score (nSPS) is 18.9. The first-order valence-corrected chi connectivity index (χ1v) is 8.58. The molecule has 2 heterocycles. The van der Waals surface area contributed by atoms with Crippen molar-refractivity contribution < 1.29 is 9.53 Å².